The summed E-state index contributed by atoms with van der Waals surface area (Å²) in [5.74, 6) is -3.86. The SMILES string of the molecule is CC(C)(C)C(N)c1ccc(F)c(F)c1F. The van der Waals surface area contributed by atoms with Gasteiger partial charge in [-0.25, -0.2) is 13.2 Å². The first-order chi connectivity index (χ1) is 6.75. The van der Waals surface area contributed by atoms with Crippen LogP contribution in [-0.2, 0) is 0 Å². The van der Waals surface area contributed by atoms with Gasteiger partial charge in [0.05, 0.1) is 0 Å². The van der Waals surface area contributed by atoms with Gasteiger partial charge in [0.25, 0.3) is 0 Å². The molecule has 0 aliphatic heterocycles. The normalized spacial score (nSPS) is 14.1. The summed E-state index contributed by atoms with van der Waals surface area (Å²) < 4.78 is 38.9. The van der Waals surface area contributed by atoms with Crippen molar-refractivity contribution < 1.29 is 13.2 Å². The summed E-state index contributed by atoms with van der Waals surface area (Å²) in [7, 11) is 0. The third-order valence-corrected chi connectivity index (χ3v) is 2.33. The first-order valence-electron chi connectivity index (χ1n) is 4.64. The van der Waals surface area contributed by atoms with Crippen LogP contribution in [0.5, 0.6) is 0 Å². The van der Waals surface area contributed by atoms with Crippen molar-refractivity contribution in [3.63, 3.8) is 0 Å². The highest BCUT2D eigenvalue weighted by atomic mass is 19.2. The summed E-state index contributed by atoms with van der Waals surface area (Å²) in [5, 5.41) is 0. The highest BCUT2D eigenvalue weighted by Crippen LogP contribution is 2.32. The minimum atomic E-state index is -1.47. The van der Waals surface area contributed by atoms with Crippen LogP contribution in [0.2, 0.25) is 0 Å². The van der Waals surface area contributed by atoms with E-state index < -0.39 is 28.9 Å². The van der Waals surface area contributed by atoms with Crippen molar-refractivity contribution in [3.05, 3.63) is 35.1 Å². The second-order valence-electron chi connectivity index (χ2n) is 4.61. The van der Waals surface area contributed by atoms with Crippen LogP contribution in [0.1, 0.15) is 32.4 Å². The maximum Gasteiger partial charge on any atom is 0.194 e. The molecule has 0 aliphatic carbocycles. The van der Waals surface area contributed by atoms with Gasteiger partial charge in [0, 0.05) is 11.6 Å². The predicted octanol–water partition coefficient (Wildman–Crippen LogP) is 3.15. The number of nitrogens with two attached hydrogens (primary N) is 1. The summed E-state index contributed by atoms with van der Waals surface area (Å²) in [6.07, 6.45) is 0. The molecule has 84 valence electrons. The Labute approximate surface area is 87.1 Å². The van der Waals surface area contributed by atoms with Crippen molar-refractivity contribution >= 4 is 0 Å². The Morgan fingerprint density at radius 2 is 1.60 bits per heavy atom. The van der Waals surface area contributed by atoms with Crippen molar-refractivity contribution in [1.29, 1.82) is 0 Å². The lowest BCUT2D eigenvalue weighted by Gasteiger charge is -2.27. The lowest BCUT2D eigenvalue weighted by molar-refractivity contribution is 0.313. The van der Waals surface area contributed by atoms with Crippen molar-refractivity contribution in [3.8, 4) is 0 Å². The zero-order valence-electron chi connectivity index (χ0n) is 8.94. The second kappa shape index (κ2) is 3.85. The maximum absolute atomic E-state index is 13.3. The van der Waals surface area contributed by atoms with Gasteiger partial charge in [-0.1, -0.05) is 26.8 Å². The van der Waals surface area contributed by atoms with Crippen molar-refractivity contribution in [2.45, 2.75) is 26.8 Å². The monoisotopic (exact) mass is 217 g/mol. The van der Waals surface area contributed by atoms with E-state index in [9.17, 15) is 13.2 Å². The van der Waals surface area contributed by atoms with Gasteiger partial charge >= 0.3 is 0 Å². The van der Waals surface area contributed by atoms with Crippen LogP contribution in [0, 0.1) is 22.9 Å². The Morgan fingerprint density at radius 3 is 2.07 bits per heavy atom. The van der Waals surface area contributed by atoms with Crippen LogP contribution >= 0.6 is 0 Å². The number of halogens is 3. The predicted molar refractivity (Wildman–Crippen MR) is 52.7 cm³/mol. The lowest BCUT2D eigenvalue weighted by Crippen LogP contribution is -2.27. The average molecular weight is 217 g/mol. The van der Waals surface area contributed by atoms with E-state index in [0.29, 0.717) is 0 Å². The molecule has 15 heavy (non-hydrogen) atoms. The van der Waals surface area contributed by atoms with Crippen molar-refractivity contribution in [2.24, 2.45) is 11.1 Å². The molecule has 1 unspecified atom stereocenters. The Morgan fingerprint density at radius 1 is 1.07 bits per heavy atom. The Kier molecular flexibility index (Phi) is 3.09. The van der Waals surface area contributed by atoms with Crippen LogP contribution in [0.15, 0.2) is 12.1 Å². The number of hydrogen-bond acceptors (Lipinski definition) is 1. The molecule has 1 nitrogen and oxygen atoms in total. The highest BCUT2D eigenvalue weighted by molar-refractivity contribution is 5.24. The molecule has 0 bridgehead atoms. The molecule has 1 aromatic carbocycles. The fraction of sp³-hybridized carbons (Fsp3) is 0.455. The van der Waals surface area contributed by atoms with E-state index in [4.69, 9.17) is 5.73 Å². The third-order valence-electron chi connectivity index (χ3n) is 2.33. The Balaban J connectivity index is 3.23. The number of hydrogen-bond donors (Lipinski definition) is 1. The molecule has 1 rings (SSSR count). The van der Waals surface area contributed by atoms with Crippen LogP contribution in [-0.4, -0.2) is 0 Å². The molecule has 0 saturated carbocycles. The van der Waals surface area contributed by atoms with E-state index in [1.165, 1.54) is 6.07 Å². The van der Waals surface area contributed by atoms with Gasteiger partial charge in [-0.3, -0.25) is 0 Å². The van der Waals surface area contributed by atoms with E-state index in [2.05, 4.69) is 0 Å². The molecule has 2 N–H and O–H groups in total. The number of rotatable bonds is 1. The van der Waals surface area contributed by atoms with Crippen LogP contribution in [0.25, 0.3) is 0 Å². The van der Waals surface area contributed by atoms with Crippen molar-refractivity contribution in [2.75, 3.05) is 0 Å². The summed E-state index contributed by atoms with van der Waals surface area (Å²) in [4.78, 5) is 0. The molecule has 0 radical (unpaired) electrons. The molecular formula is C11H14F3N. The molecule has 1 atom stereocenters. The molecule has 0 saturated heterocycles. The number of benzene rings is 1. The van der Waals surface area contributed by atoms with Crippen LogP contribution < -0.4 is 5.73 Å². The topological polar surface area (TPSA) is 26.0 Å². The minimum Gasteiger partial charge on any atom is -0.323 e. The van der Waals surface area contributed by atoms with E-state index in [-0.39, 0.29) is 5.56 Å². The smallest absolute Gasteiger partial charge is 0.194 e. The summed E-state index contributed by atoms with van der Waals surface area (Å²) in [5.41, 5.74) is 5.35. The average Bonchev–Trinajstić information content (AvgIpc) is 2.12. The molecule has 0 fully saturated rings. The molecular weight excluding hydrogens is 203 g/mol. The fourth-order valence-corrected chi connectivity index (χ4v) is 1.25. The quantitative estimate of drug-likeness (QED) is 0.718. The van der Waals surface area contributed by atoms with E-state index in [1.54, 1.807) is 20.8 Å². The largest absolute Gasteiger partial charge is 0.323 e. The first-order valence-corrected chi connectivity index (χ1v) is 4.64. The molecule has 0 aromatic heterocycles. The standard InChI is InChI=1S/C11H14F3N/c1-11(2,3)10(15)6-4-5-7(12)9(14)8(6)13/h4-5,10H,15H2,1-3H3. The van der Waals surface area contributed by atoms with E-state index in [1.807, 2.05) is 0 Å². The van der Waals surface area contributed by atoms with E-state index >= 15 is 0 Å². The van der Waals surface area contributed by atoms with Gasteiger partial charge in [-0.2, -0.15) is 0 Å². The van der Waals surface area contributed by atoms with Gasteiger partial charge < -0.3 is 5.73 Å². The molecule has 4 heteroatoms. The minimum absolute atomic E-state index is 0.00130. The zero-order chi connectivity index (χ0) is 11.8. The third kappa shape index (κ3) is 2.31. The molecule has 0 amide bonds. The van der Waals surface area contributed by atoms with Gasteiger partial charge in [0.15, 0.2) is 17.5 Å². The summed E-state index contributed by atoms with van der Waals surface area (Å²) in [6, 6.07) is 1.40. The zero-order valence-corrected chi connectivity index (χ0v) is 8.94. The van der Waals surface area contributed by atoms with Gasteiger partial charge in [-0.05, 0) is 11.5 Å². The maximum atomic E-state index is 13.3. The second-order valence-corrected chi connectivity index (χ2v) is 4.61. The fourth-order valence-electron chi connectivity index (χ4n) is 1.25. The molecule has 1 aromatic rings. The molecule has 0 aliphatic rings. The summed E-state index contributed by atoms with van der Waals surface area (Å²) >= 11 is 0. The molecule has 0 heterocycles. The lowest BCUT2D eigenvalue weighted by atomic mass is 9.83. The first kappa shape index (κ1) is 12.0. The Hall–Kier alpha value is -1.03. The highest BCUT2D eigenvalue weighted by Gasteiger charge is 2.27. The van der Waals surface area contributed by atoms with Crippen LogP contribution in [0.4, 0.5) is 13.2 Å². The van der Waals surface area contributed by atoms with E-state index in [0.717, 1.165) is 6.07 Å². The van der Waals surface area contributed by atoms with Crippen molar-refractivity contribution in [1.82, 2.24) is 0 Å². The van der Waals surface area contributed by atoms with Gasteiger partial charge in [-0.15, -0.1) is 0 Å². The summed E-state index contributed by atoms with van der Waals surface area (Å²) in [6.45, 7) is 5.41. The van der Waals surface area contributed by atoms with Crippen LogP contribution in [0.3, 0.4) is 0 Å². The van der Waals surface area contributed by atoms with Gasteiger partial charge in [0.1, 0.15) is 0 Å². The molecule has 0 spiro atoms. The van der Waals surface area contributed by atoms with Gasteiger partial charge in [0.2, 0.25) is 0 Å². The Bertz CT molecular complexity index is 369.